The Bertz CT molecular complexity index is 586. The highest BCUT2D eigenvalue weighted by Crippen LogP contribution is 2.21. The van der Waals surface area contributed by atoms with Crippen molar-refractivity contribution in [2.24, 2.45) is 0 Å². The van der Waals surface area contributed by atoms with E-state index in [1.54, 1.807) is 64.1 Å². The Morgan fingerprint density at radius 2 is 1.21 bits per heavy atom. The lowest BCUT2D eigenvalue weighted by Gasteiger charge is -2.13. The van der Waals surface area contributed by atoms with Crippen LogP contribution in [0.25, 0.3) is 0 Å². The lowest BCUT2D eigenvalue weighted by molar-refractivity contribution is 0.119. The number of hydrogen-bond acceptors (Lipinski definition) is 6. The molecule has 130 valence electrons. The standard InChI is InChI=1S/C16H22N4O4/c1-5-11(3)19-23-15(21)17-13-9-7-8-10-14(13)18-16(22)24-20-12(4)6-2/h5-10,19-20H,1-4H3,(H,17,21)(H,18,22). The number of para-hydroxylation sites is 2. The fourth-order valence-electron chi connectivity index (χ4n) is 1.34. The lowest BCUT2D eigenvalue weighted by atomic mass is 10.2. The van der Waals surface area contributed by atoms with E-state index in [-0.39, 0.29) is 0 Å². The van der Waals surface area contributed by atoms with E-state index in [4.69, 9.17) is 9.68 Å². The van der Waals surface area contributed by atoms with E-state index in [1.165, 1.54) is 0 Å². The van der Waals surface area contributed by atoms with Crippen LogP contribution in [0.15, 0.2) is 47.8 Å². The van der Waals surface area contributed by atoms with Gasteiger partial charge in [0, 0.05) is 11.4 Å². The van der Waals surface area contributed by atoms with Crippen LogP contribution in [-0.2, 0) is 9.68 Å². The number of hydrogen-bond donors (Lipinski definition) is 4. The Kier molecular flexibility index (Phi) is 7.69. The summed E-state index contributed by atoms with van der Waals surface area (Å²) in [5, 5.41) is 5.04. The predicted molar refractivity (Wildman–Crippen MR) is 91.8 cm³/mol. The quantitative estimate of drug-likeness (QED) is 0.593. The number of amides is 2. The molecule has 4 N–H and O–H groups in total. The summed E-state index contributed by atoms with van der Waals surface area (Å²) in [6.07, 6.45) is 2.06. The molecule has 0 aliphatic heterocycles. The molecule has 8 heteroatoms. The van der Waals surface area contributed by atoms with Gasteiger partial charge >= 0.3 is 12.2 Å². The Hall–Kier alpha value is -3.16. The van der Waals surface area contributed by atoms with Crippen molar-refractivity contribution in [1.82, 2.24) is 11.0 Å². The fourth-order valence-corrected chi connectivity index (χ4v) is 1.34. The minimum Gasteiger partial charge on any atom is -0.324 e. The molecule has 1 aromatic carbocycles. The van der Waals surface area contributed by atoms with Crippen molar-refractivity contribution in [2.75, 3.05) is 10.6 Å². The Balaban J connectivity index is 2.64. The number of benzene rings is 1. The molecule has 0 bridgehead atoms. The van der Waals surface area contributed by atoms with Gasteiger partial charge < -0.3 is 9.68 Å². The van der Waals surface area contributed by atoms with Gasteiger partial charge in [-0.25, -0.2) is 20.5 Å². The number of rotatable bonds is 6. The van der Waals surface area contributed by atoms with E-state index in [0.29, 0.717) is 22.8 Å². The van der Waals surface area contributed by atoms with Crippen LogP contribution in [0.3, 0.4) is 0 Å². The molecule has 0 aliphatic rings. The SMILES string of the molecule is CC=C(C)NOC(=O)Nc1ccccc1NC(=O)ONC(C)=CC. The Morgan fingerprint density at radius 1 is 0.833 bits per heavy atom. The van der Waals surface area contributed by atoms with Crippen LogP contribution in [0.1, 0.15) is 27.7 Å². The van der Waals surface area contributed by atoms with Crippen LogP contribution in [0, 0.1) is 0 Å². The van der Waals surface area contributed by atoms with E-state index in [2.05, 4.69) is 21.6 Å². The van der Waals surface area contributed by atoms with Gasteiger partial charge in [-0.2, -0.15) is 0 Å². The van der Waals surface area contributed by atoms with Crippen molar-refractivity contribution < 1.29 is 19.3 Å². The molecule has 8 nitrogen and oxygen atoms in total. The van der Waals surface area contributed by atoms with Crippen LogP contribution < -0.4 is 21.6 Å². The number of anilines is 2. The topological polar surface area (TPSA) is 101 Å². The third kappa shape index (κ3) is 6.73. The molecule has 0 radical (unpaired) electrons. The monoisotopic (exact) mass is 334 g/mol. The second-order valence-corrected chi connectivity index (χ2v) is 4.72. The van der Waals surface area contributed by atoms with Gasteiger partial charge in [-0.3, -0.25) is 10.6 Å². The van der Waals surface area contributed by atoms with Crippen LogP contribution >= 0.6 is 0 Å². The summed E-state index contributed by atoms with van der Waals surface area (Å²) in [6, 6.07) is 6.64. The third-order valence-corrected chi connectivity index (χ3v) is 2.88. The van der Waals surface area contributed by atoms with Gasteiger partial charge in [0.05, 0.1) is 11.4 Å². The molecule has 1 rings (SSSR count). The van der Waals surface area contributed by atoms with Crippen molar-refractivity contribution in [2.45, 2.75) is 27.7 Å². The minimum absolute atomic E-state index is 0.363. The van der Waals surface area contributed by atoms with Gasteiger partial charge in [0.15, 0.2) is 0 Å². The maximum atomic E-state index is 11.7. The lowest BCUT2D eigenvalue weighted by Crippen LogP contribution is -2.25. The van der Waals surface area contributed by atoms with Gasteiger partial charge in [-0.05, 0) is 39.8 Å². The summed E-state index contributed by atoms with van der Waals surface area (Å²) in [4.78, 5) is 33.1. The van der Waals surface area contributed by atoms with E-state index >= 15 is 0 Å². The number of carbonyl (C=O) groups is 2. The van der Waals surface area contributed by atoms with Crippen molar-refractivity contribution in [3.63, 3.8) is 0 Å². The van der Waals surface area contributed by atoms with Crippen LogP contribution in [-0.4, -0.2) is 12.2 Å². The van der Waals surface area contributed by atoms with E-state index in [1.807, 2.05) is 0 Å². The first-order chi connectivity index (χ1) is 11.5. The zero-order valence-electron chi connectivity index (χ0n) is 14.1. The fraction of sp³-hybridized carbons (Fsp3) is 0.250. The number of nitrogens with one attached hydrogen (secondary N) is 4. The zero-order chi connectivity index (χ0) is 17.9. The van der Waals surface area contributed by atoms with Gasteiger partial charge in [-0.1, -0.05) is 24.3 Å². The van der Waals surface area contributed by atoms with E-state index in [9.17, 15) is 9.59 Å². The van der Waals surface area contributed by atoms with Crippen LogP contribution in [0.4, 0.5) is 21.0 Å². The Labute approximate surface area is 140 Å². The molecule has 0 atom stereocenters. The predicted octanol–water partition coefficient (Wildman–Crippen LogP) is 3.64. The van der Waals surface area contributed by atoms with Crippen molar-refractivity contribution in [1.29, 1.82) is 0 Å². The highest BCUT2D eigenvalue weighted by molar-refractivity contribution is 5.95. The van der Waals surface area contributed by atoms with Crippen molar-refractivity contribution in [3.8, 4) is 0 Å². The van der Waals surface area contributed by atoms with Gasteiger partial charge in [0.1, 0.15) is 0 Å². The van der Waals surface area contributed by atoms with E-state index < -0.39 is 12.2 Å². The largest absolute Gasteiger partial charge is 0.435 e. The summed E-state index contributed by atoms with van der Waals surface area (Å²) in [7, 11) is 0. The molecule has 0 aromatic heterocycles. The summed E-state index contributed by atoms with van der Waals surface area (Å²) in [5.74, 6) is 0. The highest BCUT2D eigenvalue weighted by Gasteiger charge is 2.11. The molecule has 2 amide bonds. The second kappa shape index (κ2) is 9.78. The summed E-state index contributed by atoms with van der Waals surface area (Å²) in [6.45, 7) is 7.10. The molecular formula is C16H22N4O4. The molecule has 0 fully saturated rings. The normalized spacial score (nSPS) is 11.3. The summed E-state index contributed by atoms with van der Waals surface area (Å²) in [5.41, 5.74) is 7.04. The van der Waals surface area contributed by atoms with Gasteiger partial charge in [-0.15, -0.1) is 0 Å². The van der Waals surface area contributed by atoms with E-state index in [0.717, 1.165) is 0 Å². The van der Waals surface area contributed by atoms with Gasteiger partial charge in [0.25, 0.3) is 0 Å². The first-order valence-corrected chi connectivity index (χ1v) is 7.28. The van der Waals surface area contributed by atoms with Gasteiger partial charge in [0.2, 0.25) is 0 Å². The second-order valence-electron chi connectivity index (χ2n) is 4.72. The van der Waals surface area contributed by atoms with Crippen molar-refractivity contribution >= 4 is 23.6 Å². The third-order valence-electron chi connectivity index (χ3n) is 2.88. The maximum absolute atomic E-state index is 11.7. The van der Waals surface area contributed by atoms with Crippen LogP contribution in [0.2, 0.25) is 0 Å². The minimum atomic E-state index is -0.721. The number of allylic oxidation sites excluding steroid dienone is 4. The molecule has 0 saturated carbocycles. The molecule has 0 spiro atoms. The zero-order valence-corrected chi connectivity index (χ0v) is 14.1. The first-order valence-electron chi connectivity index (χ1n) is 7.28. The molecule has 1 aromatic rings. The smallest absolute Gasteiger partial charge is 0.324 e. The molecule has 0 saturated heterocycles. The number of hydroxylamine groups is 2. The molecule has 0 unspecified atom stereocenters. The number of carbonyl (C=O) groups excluding carboxylic acids is 2. The summed E-state index contributed by atoms with van der Waals surface area (Å²) >= 11 is 0. The maximum Gasteiger partial charge on any atom is 0.435 e. The first kappa shape index (κ1) is 18.9. The molecule has 0 heterocycles. The van der Waals surface area contributed by atoms with Crippen molar-refractivity contribution in [3.05, 3.63) is 47.8 Å². The molecular weight excluding hydrogens is 312 g/mol. The average Bonchev–Trinajstić information content (AvgIpc) is 2.59. The molecule has 0 aliphatic carbocycles. The Morgan fingerprint density at radius 3 is 1.54 bits per heavy atom. The highest BCUT2D eigenvalue weighted by atomic mass is 16.7. The molecule has 24 heavy (non-hydrogen) atoms. The average molecular weight is 334 g/mol. The summed E-state index contributed by atoms with van der Waals surface area (Å²) < 4.78 is 0. The van der Waals surface area contributed by atoms with Crippen LogP contribution in [0.5, 0.6) is 0 Å².